The summed E-state index contributed by atoms with van der Waals surface area (Å²) in [6.45, 7) is 12.3. The zero-order valence-corrected chi connectivity index (χ0v) is 10.7. The Morgan fingerprint density at radius 3 is 2.73 bits per heavy atom. The SMILES string of the molecule is COCCN1CCCNC(C(C)(C)C)C1. The second-order valence-corrected chi connectivity index (χ2v) is 5.52. The average Bonchev–Trinajstić information content (AvgIpc) is 2.38. The van der Waals surface area contributed by atoms with Crippen molar-refractivity contribution < 1.29 is 4.74 Å². The van der Waals surface area contributed by atoms with Gasteiger partial charge in [0.1, 0.15) is 0 Å². The zero-order chi connectivity index (χ0) is 11.3. The molecule has 0 aromatic heterocycles. The van der Waals surface area contributed by atoms with Crippen LogP contribution >= 0.6 is 0 Å². The molecule has 3 nitrogen and oxygen atoms in total. The Hall–Kier alpha value is -0.120. The van der Waals surface area contributed by atoms with Gasteiger partial charge in [0.05, 0.1) is 6.61 Å². The van der Waals surface area contributed by atoms with Gasteiger partial charge in [-0.05, 0) is 24.9 Å². The summed E-state index contributed by atoms with van der Waals surface area (Å²) >= 11 is 0. The molecule has 0 radical (unpaired) electrons. The molecule has 1 N–H and O–H groups in total. The topological polar surface area (TPSA) is 24.5 Å². The first-order valence-corrected chi connectivity index (χ1v) is 5.98. The summed E-state index contributed by atoms with van der Waals surface area (Å²) in [4.78, 5) is 2.51. The van der Waals surface area contributed by atoms with Gasteiger partial charge >= 0.3 is 0 Å². The van der Waals surface area contributed by atoms with Gasteiger partial charge in [-0.3, -0.25) is 4.90 Å². The molecule has 0 bridgehead atoms. The van der Waals surface area contributed by atoms with Gasteiger partial charge in [-0.25, -0.2) is 0 Å². The second-order valence-electron chi connectivity index (χ2n) is 5.52. The fraction of sp³-hybridized carbons (Fsp3) is 1.00. The Balaban J connectivity index is 2.46. The molecule has 1 heterocycles. The second kappa shape index (κ2) is 5.83. The summed E-state index contributed by atoms with van der Waals surface area (Å²) in [5.41, 5.74) is 0.343. The zero-order valence-electron chi connectivity index (χ0n) is 10.7. The molecule has 1 fully saturated rings. The van der Waals surface area contributed by atoms with E-state index in [4.69, 9.17) is 4.74 Å². The smallest absolute Gasteiger partial charge is 0.0589 e. The lowest BCUT2D eigenvalue weighted by Crippen LogP contribution is -2.46. The van der Waals surface area contributed by atoms with E-state index in [1.165, 1.54) is 13.0 Å². The first-order chi connectivity index (χ1) is 7.04. The van der Waals surface area contributed by atoms with E-state index in [-0.39, 0.29) is 0 Å². The van der Waals surface area contributed by atoms with Crippen molar-refractivity contribution in [3.8, 4) is 0 Å². The standard InChI is InChI=1S/C12H26N2O/c1-12(2,3)11-10-14(8-9-15-4)7-5-6-13-11/h11,13H,5-10H2,1-4H3. The molecule has 90 valence electrons. The first-order valence-electron chi connectivity index (χ1n) is 5.98. The van der Waals surface area contributed by atoms with Gasteiger partial charge in [0.25, 0.3) is 0 Å². The molecule has 0 spiro atoms. The fourth-order valence-corrected chi connectivity index (χ4v) is 2.00. The van der Waals surface area contributed by atoms with Crippen molar-refractivity contribution in [2.24, 2.45) is 5.41 Å². The maximum atomic E-state index is 5.14. The third-order valence-corrected chi connectivity index (χ3v) is 3.14. The van der Waals surface area contributed by atoms with Crippen molar-refractivity contribution >= 4 is 0 Å². The third kappa shape index (κ3) is 4.49. The van der Waals surface area contributed by atoms with Crippen molar-refractivity contribution in [2.75, 3.05) is 39.9 Å². The van der Waals surface area contributed by atoms with Gasteiger partial charge < -0.3 is 10.1 Å². The Morgan fingerprint density at radius 1 is 1.40 bits per heavy atom. The normalized spacial score (nSPS) is 25.2. The minimum atomic E-state index is 0.343. The summed E-state index contributed by atoms with van der Waals surface area (Å²) < 4.78 is 5.14. The Kier molecular flexibility index (Phi) is 5.03. The lowest BCUT2D eigenvalue weighted by molar-refractivity contribution is 0.133. The highest BCUT2D eigenvalue weighted by atomic mass is 16.5. The summed E-state index contributed by atoms with van der Waals surface area (Å²) in [5.74, 6) is 0. The molecule has 15 heavy (non-hydrogen) atoms. The Labute approximate surface area is 94.2 Å². The molecule has 1 unspecified atom stereocenters. The molecule has 1 atom stereocenters. The highest BCUT2D eigenvalue weighted by Gasteiger charge is 2.27. The predicted octanol–water partition coefficient (Wildman–Crippen LogP) is 1.34. The minimum Gasteiger partial charge on any atom is -0.383 e. The molecule has 1 aliphatic heterocycles. The van der Waals surface area contributed by atoms with Crippen LogP contribution in [-0.2, 0) is 4.74 Å². The highest BCUT2D eigenvalue weighted by Crippen LogP contribution is 2.21. The maximum absolute atomic E-state index is 5.14. The van der Waals surface area contributed by atoms with Crippen LogP contribution in [-0.4, -0.2) is 50.8 Å². The number of methoxy groups -OCH3 is 1. The van der Waals surface area contributed by atoms with Crippen LogP contribution in [0.4, 0.5) is 0 Å². The monoisotopic (exact) mass is 214 g/mol. The molecule has 3 heteroatoms. The van der Waals surface area contributed by atoms with E-state index in [0.29, 0.717) is 11.5 Å². The molecular weight excluding hydrogens is 188 g/mol. The molecule has 0 aliphatic carbocycles. The van der Waals surface area contributed by atoms with Crippen molar-refractivity contribution in [1.82, 2.24) is 10.2 Å². The van der Waals surface area contributed by atoms with E-state index in [2.05, 4.69) is 31.0 Å². The lowest BCUT2D eigenvalue weighted by Gasteiger charge is -2.33. The fourth-order valence-electron chi connectivity index (χ4n) is 2.00. The van der Waals surface area contributed by atoms with Crippen LogP contribution in [0.25, 0.3) is 0 Å². The van der Waals surface area contributed by atoms with Crippen LogP contribution in [0.5, 0.6) is 0 Å². The third-order valence-electron chi connectivity index (χ3n) is 3.14. The summed E-state index contributed by atoms with van der Waals surface area (Å²) in [6, 6.07) is 0.594. The number of hydrogen-bond acceptors (Lipinski definition) is 3. The molecular formula is C12H26N2O. The molecule has 1 aliphatic rings. The molecule has 0 aromatic rings. The van der Waals surface area contributed by atoms with E-state index in [1.807, 2.05) is 0 Å². The van der Waals surface area contributed by atoms with Crippen LogP contribution in [0.1, 0.15) is 27.2 Å². The average molecular weight is 214 g/mol. The number of rotatable bonds is 3. The van der Waals surface area contributed by atoms with Crippen LogP contribution in [0.3, 0.4) is 0 Å². The van der Waals surface area contributed by atoms with E-state index in [9.17, 15) is 0 Å². The van der Waals surface area contributed by atoms with E-state index in [0.717, 1.165) is 26.2 Å². The summed E-state index contributed by atoms with van der Waals surface area (Å²) in [6.07, 6.45) is 1.25. The van der Waals surface area contributed by atoms with Crippen molar-refractivity contribution in [3.05, 3.63) is 0 Å². The van der Waals surface area contributed by atoms with Gasteiger partial charge in [-0.2, -0.15) is 0 Å². The molecule has 0 saturated carbocycles. The first kappa shape index (κ1) is 12.9. The van der Waals surface area contributed by atoms with Crippen molar-refractivity contribution in [2.45, 2.75) is 33.2 Å². The molecule has 1 saturated heterocycles. The van der Waals surface area contributed by atoms with Gasteiger partial charge in [-0.15, -0.1) is 0 Å². The Morgan fingerprint density at radius 2 is 2.13 bits per heavy atom. The Bertz CT molecular complexity index is 177. The summed E-state index contributed by atoms with van der Waals surface area (Å²) in [5, 5.41) is 3.65. The van der Waals surface area contributed by atoms with Crippen molar-refractivity contribution in [3.63, 3.8) is 0 Å². The predicted molar refractivity (Wildman–Crippen MR) is 64.2 cm³/mol. The molecule has 0 aromatic carbocycles. The van der Waals surface area contributed by atoms with E-state index < -0.39 is 0 Å². The van der Waals surface area contributed by atoms with Gasteiger partial charge in [0, 0.05) is 26.2 Å². The lowest BCUT2D eigenvalue weighted by atomic mass is 9.86. The summed E-state index contributed by atoms with van der Waals surface area (Å²) in [7, 11) is 1.78. The van der Waals surface area contributed by atoms with Crippen LogP contribution < -0.4 is 5.32 Å². The van der Waals surface area contributed by atoms with Crippen LogP contribution in [0.15, 0.2) is 0 Å². The number of nitrogens with zero attached hydrogens (tertiary/aromatic N) is 1. The quantitative estimate of drug-likeness (QED) is 0.767. The number of ether oxygens (including phenoxy) is 1. The van der Waals surface area contributed by atoms with E-state index >= 15 is 0 Å². The van der Waals surface area contributed by atoms with Gasteiger partial charge in [0.2, 0.25) is 0 Å². The number of hydrogen-bond donors (Lipinski definition) is 1. The highest BCUT2D eigenvalue weighted by molar-refractivity contribution is 4.85. The van der Waals surface area contributed by atoms with Crippen LogP contribution in [0, 0.1) is 5.41 Å². The maximum Gasteiger partial charge on any atom is 0.0589 e. The molecule has 0 amide bonds. The van der Waals surface area contributed by atoms with Crippen molar-refractivity contribution in [1.29, 1.82) is 0 Å². The van der Waals surface area contributed by atoms with Crippen LogP contribution in [0.2, 0.25) is 0 Å². The number of nitrogens with one attached hydrogen (secondary N) is 1. The minimum absolute atomic E-state index is 0.343. The van der Waals surface area contributed by atoms with E-state index in [1.54, 1.807) is 7.11 Å². The van der Waals surface area contributed by atoms with Gasteiger partial charge in [0.15, 0.2) is 0 Å². The largest absolute Gasteiger partial charge is 0.383 e. The van der Waals surface area contributed by atoms with Gasteiger partial charge in [-0.1, -0.05) is 20.8 Å². The molecule has 1 rings (SSSR count).